The minimum atomic E-state index is 0.274. The number of thiazole rings is 1. The van der Waals surface area contributed by atoms with E-state index >= 15 is 0 Å². The van der Waals surface area contributed by atoms with E-state index in [0.717, 1.165) is 50.8 Å². The van der Waals surface area contributed by atoms with Crippen LogP contribution < -0.4 is 5.32 Å². The van der Waals surface area contributed by atoms with Crippen LogP contribution in [0.1, 0.15) is 24.0 Å². The highest BCUT2D eigenvalue weighted by molar-refractivity contribution is 7.09. The molecule has 1 N–H and O–H groups in total. The lowest BCUT2D eigenvalue weighted by Gasteiger charge is -2.32. The summed E-state index contributed by atoms with van der Waals surface area (Å²) in [6, 6.07) is 0. The van der Waals surface area contributed by atoms with Crippen LogP contribution in [0.25, 0.3) is 0 Å². The fourth-order valence-electron chi connectivity index (χ4n) is 2.75. The van der Waals surface area contributed by atoms with E-state index in [4.69, 9.17) is 4.74 Å². The van der Waals surface area contributed by atoms with Crippen molar-refractivity contribution in [3.8, 4) is 0 Å². The van der Waals surface area contributed by atoms with Gasteiger partial charge in [0.15, 0.2) is 0 Å². The number of aromatic nitrogens is 1. The van der Waals surface area contributed by atoms with E-state index in [1.54, 1.807) is 11.3 Å². The summed E-state index contributed by atoms with van der Waals surface area (Å²) in [5.41, 5.74) is 1.46. The van der Waals surface area contributed by atoms with Crippen molar-refractivity contribution in [2.75, 3.05) is 39.9 Å². The van der Waals surface area contributed by atoms with Gasteiger partial charge in [0.2, 0.25) is 0 Å². The minimum Gasteiger partial charge on any atom is -0.381 e. The fraction of sp³-hybridized carbons (Fsp3) is 0.786. The van der Waals surface area contributed by atoms with Gasteiger partial charge in [-0.1, -0.05) is 6.92 Å². The van der Waals surface area contributed by atoms with Gasteiger partial charge in [-0.2, -0.15) is 0 Å². The Balaban J connectivity index is 1.89. The number of ether oxygens (including phenoxy) is 1. The molecule has 1 atom stereocenters. The lowest BCUT2D eigenvalue weighted by molar-refractivity contribution is 0.116. The molecule has 0 bridgehead atoms. The molecule has 0 aromatic carbocycles. The molecule has 1 aromatic heterocycles. The maximum atomic E-state index is 5.63. The van der Waals surface area contributed by atoms with Gasteiger partial charge in [-0.15, -0.1) is 11.3 Å². The highest BCUT2D eigenvalue weighted by Crippen LogP contribution is 2.29. The van der Waals surface area contributed by atoms with E-state index < -0.39 is 0 Å². The van der Waals surface area contributed by atoms with Crippen LogP contribution in [0, 0.1) is 12.3 Å². The summed E-state index contributed by atoms with van der Waals surface area (Å²) in [4.78, 5) is 6.92. The van der Waals surface area contributed by atoms with Gasteiger partial charge in [0.1, 0.15) is 0 Å². The van der Waals surface area contributed by atoms with Gasteiger partial charge in [-0.25, -0.2) is 4.98 Å². The summed E-state index contributed by atoms with van der Waals surface area (Å²) in [6.07, 6.45) is 1.15. The second-order valence-corrected chi connectivity index (χ2v) is 6.68. The summed E-state index contributed by atoms with van der Waals surface area (Å²) in [6.45, 7) is 10.1. The standard InChI is InChI=1S/C14H25N3OS/c1-4-15-9-14(5-6-18-11-14)10-17(3)7-13-8-19-12(2)16-13/h8,15H,4-7,9-11H2,1-3H3. The third kappa shape index (κ3) is 4.24. The monoisotopic (exact) mass is 283 g/mol. The van der Waals surface area contributed by atoms with Crippen molar-refractivity contribution in [1.29, 1.82) is 0 Å². The predicted molar refractivity (Wildman–Crippen MR) is 79.6 cm³/mol. The van der Waals surface area contributed by atoms with E-state index in [0.29, 0.717) is 0 Å². The van der Waals surface area contributed by atoms with Crippen LogP contribution in [0.15, 0.2) is 5.38 Å². The van der Waals surface area contributed by atoms with Gasteiger partial charge in [-0.3, -0.25) is 4.90 Å². The van der Waals surface area contributed by atoms with E-state index in [1.807, 2.05) is 0 Å². The van der Waals surface area contributed by atoms with Crippen molar-refractivity contribution in [2.24, 2.45) is 5.41 Å². The van der Waals surface area contributed by atoms with Gasteiger partial charge in [0, 0.05) is 37.0 Å². The Morgan fingerprint density at radius 3 is 3.00 bits per heavy atom. The molecule has 0 radical (unpaired) electrons. The van der Waals surface area contributed by atoms with Crippen molar-refractivity contribution in [3.63, 3.8) is 0 Å². The molecule has 19 heavy (non-hydrogen) atoms. The molecular formula is C14H25N3OS. The molecule has 4 nitrogen and oxygen atoms in total. The molecule has 108 valence electrons. The Kier molecular flexibility index (Phi) is 5.33. The van der Waals surface area contributed by atoms with E-state index in [1.165, 1.54) is 5.69 Å². The molecule has 0 aliphatic carbocycles. The largest absolute Gasteiger partial charge is 0.381 e. The van der Waals surface area contributed by atoms with Crippen LogP contribution in [0.4, 0.5) is 0 Å². The average Bonchev–Trinajstić information content (AvgIpc) is 2.97. The first-order valence-electron chi connectivity index (χ1n) is 7.01. The molecule has 2 heterocycles. The fourth-order valence-corrected chi connectivity index (χ4v) is 3.35. The van der Waals surface area contributed by atoms with Crippen LogP contribution >= 0.6 is 11.3 Å². The Hall–Kier alpha value is -0.490. The van der Waals surface area contributed by atoms with Crippen molar-refractivity contribution in [3.05, 3.63) is 16.1 Å². The molecule has 5 heteroatoms. The maximum Gasteiger partial charge on any atom is 0.0897 e. The SMILES string of the molecule is CCNCC1(CN(C)Cc2csc(C)n2)CCOC1. The van der Waals surface area contributed by atoms with Crippen molar-refractivity contribution in [2.45, 2.75) is 26.8 Å². The van der Waals surface area contributed by atoms with Gasteiger partial charge < -0.3 is 10.1 Å². The number of hydrogen-bond donors (Lipinski definition) is 1. The zero-order valence-electron chi connectivity index (χ0n) is 12.2. The first-order valence-corrected chi connectivity index (χ1v) is 7.89. The quantitative estimate of drug-likeness (QED) is 0.829. The van der Waals surface area contributed by atoms with Gasteiger partial charge in [0.05, 0.1) is 17.3 Å². The lowest BCUT2D eigenvalue weighted by Crippen LogP contribution is -2.43. The van der Waals surface area contributed by atoms with Gasteiger partial charge in [0.25, 0.3) is 0 Å². The number of hydrogen-bond acceptors (Lipinski definition) is 5. The average molecular weight is 283 g/mol. The lowest BCUT2D eigenvalue weighted by atomic mass is 9.86. The summed E-state index contributed by atoms with van der Waals surface area (Å²) < 4.78 is 5.63. The molecule has 1 saturated heterocycles. The topological polar surface area (TPSA) is 37.4 Å². The summed E-state index contributed by atoms with van der Waals surface area (Å²) >= 11 is 1.73. The number of aryl methyl sites for hydroxylation is 1. The molecule has 0 spiro atoms. The predicted octanol–water partition coefficient (Wildman–Crippen LogP) is 1.90. The summed E-state index contributed by atoms with van der Waals surface area (Å²) in [7, 11) is 2.18. The Labute approximate surface area is 120 Å². The van der Waals surface area contributed by atoms with Crippen LogP contribution in [0.2, 0.25) is 0 Å². The zero-order valence-corrected chi connectivity index (χ0v) is 13.1. The second-order valence-electron chi connectivity index (χ2n) is 5.61. The molecule has 1 aliphatic heterocycles. The van der Waals surface area contributed by atoms with Crippen LogP contribution in [0.3, 0.4) is 0 Å². The van der Waals surface area contributed by atoms with Gasteiger partial charge >= 0.3 is 0 Å². The molecule has 1 fully saturated rings. The summed E-state index contributed by atoms with van der Waals surface area (Å²) in [5.74, 6) is 0. The van der Waals surface area contributed by atoms with Crippen molar-refractivity contribution >= 4 is 11.3 Å². The molecule has 0 saturated carbocycles. The Bertz CT molecular complexity index is 388. The Morgan fingerprint density at radius 2 is 2.42 bits per heavy atom. The zero-order chi connectivity index (χ0) is 13.7. The van der Waals surface area contributed by atoms with Crippen molar-refractivity contribution < 1.29 is 4.74 Å². The Morgan fingerprint density at radius 1 is 1.58 bits per heavy atom. The molecule has 1 aromatic rings. The minimum absolute atomic E-state index is 0.274. The first kappa shape index (κ1) is 14.9. The second kappa shape index (κ2) is 6.79. The molecule has 0 amide bonds. The van der Waals surface area contributed by atoms with Crippen LogP contribution in [-0.2, 0) is 11.3 Å². The van der Waals surface area contributed by atoms with Crippen molar-refractivity contribution in [1.82, 2.24) is 15.2 Å². The van der Waals surface area contributed by atoms with Crippen LogP contribution in [0.5, 0.6) is 0 Å². The molecule has 2 rings (SSSR count). The third-order valence-corrected chi connectivity index (χ3v) is 4.46. The maximum absolute atomic E-state index is 5.63. The third-order valence-electron chi connectivity index (χ3n) is 3.64. The number of nitrogens with zero attached hydrogens (tertiary/aromatic N) is 2. The van der Waals surface area contributed by atoms with E-state index in [2.05, 4.69) is 41.5 Å². The number of nitrogens with one attached hydrogen (secondary N) is 1. The summed E-state index contributed by atoms with van der Waals surface area (Å²) in [5, 5.41) is 6.79. The van der Waals surface area contributed by atoms with E-state index in [9.17, 15) is 0 Å². The normalized spacial score (nSPS) is 23.4. The number of rotatable bonds is 7. The van der Waals surface area contributed by atoms with Crippen LogP contribution in [-0.4, -0.2) is 49.8 Å². The smallest absolute Gasteiger partial charge is 0.0897 e. The highest BCUT2D eigenvalue weighted by Gasteiger charge is 2.35. The van der Waals surface area contributed by atoms with E-state index in [-0.39, 0.29) is 5.41 Å². The molecule has 1 unspecified atom stereocenters. The van der Waals surface area contributed by atoms with Gasteiger partial charge in [-0.05, 0) is 26.9 Å². The molecule has 1 aliphatic rings. The molecular weight excluding hydrogens is 258 g/mol. The first-order chi connectivity index (χ1) is 9.13. The highest BCUT2D eigenvalue weighted by atomic mass is 32.1.